The van der Waals surface area contributed by atoms with Crippen LogP contribution >= 0.6 is 23.1 Å². The van der Waals surface area contributed by atoms with Gasteiger partial charge in [0, 0.05) is 22.0 Å². The Morgan fingerprint density at radius 2 is 1.86 bits per heavy atom. The number of amides is 1. The number of hydrogen-bond acceptors (Lipinski definition) is 6. The molecule has 3 aromatic rings. The van der Waals surface area contributed by atoms with Crippen LogP contribution in [0.15, 0.2) is 58.4 Å². The molecule has 0 saturated heterocycles. The SMILES string of the molecule is O=C1Oc2ccccc2[C@H]2c3sc(=O)[nH]c3S[C@H](C(=O)Nc3ccc(F)cc3)[C@H]12. The van der Waals surface area contributed by atoms with E-state index in [4.69, 9.17) is 4.74 Å². The summed E-state index contributed by atoms with van der Waals surface area (Å²) in [6, 6.07) is 12.5. The summed E-state index contributed by atoms with van der Waals surface area (Å²) in [5.41, 5.74) is 1.19. The minimum atomic E-state index is -0.816. The van der Waals surface area contributed by atoms with Crippen LogP contribution in [0.5, 0.6) is 5.75 Å². The molecule has 2 aromatic carbocycles. The molecule has 29 heavy (non-hydrogen) atoms. The number of aromatic nitrogens is 1. The molecule has 2 aliphatic heterocycles. The Balaban J connectivity index is 1.57. The Bertz CT molecular complexity index is 1190. The van der Waals surface area contributed by atoms with Gasteiger partial charge in [0.1, 0.15) is 16.8 Å². The van der Waals surface area contributed by atoms with Gasteiger partial charge in [0.05, 0.1) is 10.9 Å². The Labute approximate surface area is 172 Å². The van der Waals surface area contributed by atoms with Crippen LogP contribution in [0.3, 0.4) is 0 Å². The predicted molar refractivity (Wildman–Crippen MR) is 107 cm³/mol. The number of ether oxygens (including phenoxy) is 1. The highest BCUT2D eigenvalue weighted by molar-refractivity contribution is 8.00. The molecule has 0 bridgehead atoms. The maximum absolute atomic E-state index is 13.1. The summed E-state index contributed by atoms with van der Waals surface area (Å²) >= 11 is 2.19. The lowest BCUT2D eigenvalue weighted by molar-refractivity contribution is -0.142. The van der Waals surface area contributed by atoms with Gasteiger partial charge >= 0.3 is 10.8 Å². The number of nitrogens with one attached hydrogen (secondary N) is 2. The van der Waals surface area contributed by atoms with Gasteiger partial charge in [0.25, 0.3) is 0 Å². The van der Waals surface area contributed by atoms with Gasteiger partial charge in [0.2, 0.25) is 5.91 Å². The third kappa shape index (κ3) is 3.06. The van der Waals surface area contributed by atoms with Gasteiger partial charge in [0.15, 0.2) is 0 Å². The number of hydrogen-bond donors (Lipinski definition) is 2. The van der Waals surface area contributed by atoms with Crippen molar-refractivity contribution in [3.05, 3.63) is 74.5 Å². The summed E-state index contributed by atoms with van der Waals surface area (Å²) < 4.78 is 18.7. The standard InChI is InChI=1S/C20H13FN2O4S2/c21-9-5-7-10(8-6-9)22-17(24)15-14-13(16-18(28-15)23-20(26)29-16)11-3-1-2-4-12(11)27-19(14)25/h1-8,13-15H,(H,22,24)(H,23,26)/t13-,14-,15+/m1/s1. The van der Waals surface area contributed by atoms with Crippen LogP contribution in [-0.4, -0.2) is 22.1 Å². The first-order valence-corrected chi connectivity index (χ1v) is 10.5. The summed E-state index contributed by atoms with van der Waals surface area (Å²) in [7, 11) is 0. The van der Waals surface area contributed by atoms with Gasteiger partial charge in [-0.2, -0.15) is 0 Å². The van der Waals surface area contributed by atoms with Crippen LogP contribution in [0.25, 0.3) is 0 Å². The maximum atomic E-state index is 13.1. The van der Waals surface area contributed by atoms with Crippen molar-refractivity contribution in [3.63, 3.8) is 0 Å². The zero-order chi connectivity index (χ0) is 20.1. The minimum absolute atomic E-state index is 0.239. The topological polar surface area (TPSA) is 88.3 Å². The number of halogens is 1. The van der Waals surface area contributed by atoms with Crippen molar-refractivity contribution in [2.75, 3.05) is 5.32 Å². The minimum Gasteiger partial charge on any atom is -0.426 e. The van der Waals surface area contributed by atoms with Crippen molar-refractivity contribution in [1.29, 1.82) is 0 Å². The molecule has 0 spiro atoms. The first kappa shape index (κ1) is 18.1. The third-order valence-corrected chi connectivity index (χ3v) is 7.38. The molecule has 0 fully saturated rings. The van der Waals surface area contributed by atoms with E-state index in [9.17, 15) is 18.8 Å². The second-order valence-corrected chi connectivity index (χ2v) is 8.87. The van der Waals surface area contributed by atoms with Crippen molar-refractivity contribution in [2.24, 2.45) is 5.92 Å². The normalized spacial score (nSPS) is 22.1. The summed E-state index contributed by atoms with van der Waals surface area (Å²) in [6.45, 7) is 0. The zero-order valence-electron chi connectivity index (χ0n) is 14.7. The second-order valence-electron chi connectivity index (χ2n) is 6.70. The van der Waals surface area contributed by atoms with Gasteiger partial charge in [-0.1, -0.05) is 41.3 Å². The van der Waals surface area contributed by atoms with Crippen LogP contribution in [0.2, 0.25) is 0 Å². The molecule has 3 heterocycles. The fourth-order valence-electron chi connectivity index (χ4n) is 3.72. The fourth-order valence-corrected chi connectivity index (χ4v) is 6.18. The highest BCUT2D eigenvalue weighted by Gasteiger charge is 2.51. The number of benzene rings is 2. The van der Waals surface area contributed by atoms with E-state index in [1.165, 1.54) is 24.3 Å². The van der Waals surface area contributed by atoms with Crippen LogP contribution in [-0.2, 0) is 9.59 Å². The van der Waals surface area contributed by atoms with Crippen LogP contribution in [0.1, 0.15) is 16.4 Å². The number of carbonyl (C=O) groups is 2. The molecule has 6 nitrogen and oxygen atoms in total. The van der Waals surface area contributed by atoms with Crippen molar-refractivity contribution in [1.82, 2.24) is 4.98 Å². The number of esters is 1. The smallest absolute Gasteiger partial charge is 0.317 e. The number of para-hydroxylation sites is 1. The Morgan fingerprint density at radius 3 is 2.66 bits per heavy atom. The fraction of sp³-hybridized carbons (Fsp3) is 0.150. The van der Waals surface area contributed by atoms with E-state index in [2.05, 4.69) is 10.3 Å². The quantitative estimate of drug-likeness (QED) is 0.483. The Hall–Kier alpha value is -2.91. The first-order chi connectivity index (χ1) is 14.0. The maximum Gasteiger partial charge on any atom is 0.317 e. The molecule has 0 unspecified atom stereocenters. The number of H-pyrrole nitrogens is 1. The summed E-state index contributed by atoms with van der Waals surface area (Å²) in [6.07, 6.45) is 0. The van der Waals surface area contributed by atoms with Crippen molar-refractivity contribution in [3.8, 4) is 5.75 Å². The average molecular weight is 428 g/mol. The summed E-state index contributed by atoms with van der Waals surface area (Å²) in [4.78, 5) is 41.2. The van der Waals surface area contributed by atoms with E-state index in [1.54, 1.807) is 12.1 Å². The predicted octanol–water partition coefficient (Wildman–Crippen LogP) is 3.36. The molecule has 3 atom stereocenters. The summed E-state index contributed by atoms with van der Waals surface area (Å²) in [5.74, 6) is -2.12. The van der Waals surface area contributed by atoms with E-state index >= 15 is 0 Å². The number of thiazole rings is 1. The molecule has 1 aromatic heterocycles. The number of thioether (sulfide) groups is 1. The molecule has 9 heteroatoms. The largest absolute Gasteiger partial charge is 0.426 e. The molecule has 5 rings (SSSR count). The Kier molecular flexibility index (Phi) is 4.29. The summed E-state index contributed by atoms with van der Waals surface area (Å²) in [5, 5.41) is 2.50. The number of carbonyl (C=O) groups excluding carboxylic acids is 2. The Morgan fingerprint density at radius 1 is 1.10 bits per heavy atom. The highest BCUT2D eigenvalue weighted by Crippen LogP contribution is 2.53. The van der Waals surface area contributed by atoms with Crippen LogP contribution in [0.4, 0.5) is 10.1 Å². The van der Waals surface area contributed by atoms with Crippen LogP contribution < -0.4 is 14.9 Å². The van der Waals surface area contributed by atoms with Gasteiger partial charge in [-0.05, 0) is 30.3 Å². The van der Waals surface area contributed by atoms with E-state index in [0.29, 0.717) is 16.5 Å². The molecular weight excluding hydrogens is 415 g/mol. The monoisotopic (exact) mass is 428 g/mol. The lowest BCUT2D eigenvalue weighted by Crippen LogP contribution is -2.46. The van der Waals surface area contributed by atoms with Gasteiger partial charge < -0.3 is 15.0 Å². The first-order valence-electron chi connectivity index (χ1n) is 8.78. The molecular formula is C20H13FN2O4S2. The molecule has 0 saturated carbocycles. The lowest BCUT2D eigenvalue weighted by atomic mass is 9.80. The van der Waals surface area contributed by atoms with Gasteiger partial charge in [-0.3, -0.25) is 14.4 Å². The van der Waals surface area contributed by atoms with Gasteiger partial charge in [-0.25, -0.2) is 4.39 Å². The molecule has 0 aliphatic carbocycles. The second kappa shape index (κ2) is 6.85. The highest BCUT2D eigenvalue weighted by atomic mass is 32.2. The van der Waals surface area contributed by atoms with E-state index in [0.717, 1.165) is 33.5 Å². The molecule has 2 N–H and O–H groups in total. The molecule has 1 amide bonds. The average Bonchev–Trinajstić information content (AvgIpc) is 3.09. The van der Waals surface area contributed by atoms with Crippen molar-refractivity contribution >= 4 is 40.7 Å². The van der Waals surface area contributed by atoms with Crippen LogP contribution in [0, 0.1) is 11.7 Å². The number of aromatic amines is 1. The third-order valence-electron chi connectivity index (χ3n) is 4.96. The van der Waals surface area contributed by atoms with E-state index < -0.39 is 34.8 Å². The molecule has 0 radical (unpaired) electrons. The molecule has 146 valence electrons. The molecule has 2 aliphatic rings. The number of anilines is 1. The van der Waals surface area contributed by atoms with Crippen molar-refractivity contribution < 1.29 is 18.7 Å². The lowest BCUT2D eigenvalue weighted by Gasteiger charge is -2.38. The van der Waals surface area contributed by atoms with Gasteiger partial charge in [-0.15, -0.1) is 0 Å². The zero-order valence-corrected chi connectivity index (χ0v) is 16.3. The van der Waals surface area contributed by atoms with E-state index in [-0.39, 0.29) is 4.87 Å². The number of fused-ring (bicyclic) bond motifs is 5. The van der Waals surface area contributed by atoms with Crippen molar-refractivity contribution in [2.45, 2.75) is 16.2 Å². The number of rotatable bonds is 2. The van der Waals surface area contributed by atoms with E-state index in [1.807, 2.05) is 12.1 Å².